The Balaban J connectivity index is 1.61. The van der Waals surface area contributed by atoms with Gasteiger partial charge in [-0.2, -0.15) is 10.2 Å². The van der Waals surface area contributed by atoms with Crippen LogP contribution in [0.4, 0.5) is 0 Å². The first-order valence-electron chi connectivity index (χ1n) is 6.90. The number of carbonyl (C=O) groups is 1. The molecule has 0 fully saturated rings. The minimum atomic E-state index is 0.0638. The van der Waals surface area contributed by atoms with Gasteiger partial charge in [-0.3, -0.25) is 14.2 Å². The zero-order chi connectivity index (χ0) is 14.4. The number of hydrogen-bond donors (Lipinski definition) is 1. The van der Waals surface area contributed by atoms with E-state index in [1.54, 1.807) is 10.9 Å². The molecular formula is C14H21N5O. The highest BCUT2D eigenvalue weighted by Gasteiger charge is 2.03. The molecule has 0 saturated heterocycles. The largest absolute Gasteiger partial charge is 0.356 e. The molecule has 0 unspecified atom stereocenters. The summed E-state index contributed by atoms with van der Waals surface area (Å²) >= 11 is 0. The Kier molecular flexibility index (Phi) is 4.92. The summed E-state index contributed by atoms with van der Waals surface area (Å²) in [7, 11) is 0. The third-order valence-electron chi connectivity index (χ3n) is 3.10. The lowest BCUT2D eigenvalue weighted by Crippen LogP contribution is -2.26. The normalized spacial score (nSPS) is 10.7. The highest BCUT2D eigenvalue weighted by Crippen LogP contribution is 2.02. The molecule has 0 aliphatic rings. The van der Waals surface area contributed by atoms with Crippen LogP contribution in [-0.4, -0.2) is 32.0 Å². The monoisotopic (exact) mass is 275 g/mol. The lowest BCUT2D eigenvalue weighted by molar-refractivity contribution is -0.121. The fourth-order valence-electron chi connectivity index (χ4n) is 2.10. The molecular weight excluding hydrogens is 254 g/mol. The van der Waals surface area contributed by atoms with Gasteiger partial charge in [0.2, 0.25) is 5.91 Å². The van der Waals surface area contributed by atoms with Crippen LogP contribution in [0.2, 0.25) is 0 Å². The van der Waals surface area contributed by atoms with Gasteiger partial charge in [-0.1, -0.05) is 0 Å². The second-order valence-corrected chi connectivity index (χ2v) is 4.87. The summed E-state index contributed by atoms with van der Waals surface area (Å²) in [6, 6.07) is 3.91. The van der Waals surface area contributed by atoms with Crippen molar-refractivity contribution in [3.8, 4) is 0 Å². The first kappa shape index (κ1) is 14.3. The van der Waals surface area contributed by atoms with Crippen LogP contribution in [-0.2, 0) is 17.9 Å². The van der Waals surface area contributed by atoms with E-state index in [9.17, 15) is 4.79 Å². The lowest BCUT2D eigenvalue weighted by atomic mass is 10.3. The molecule has 6 heteroatoms. The molecule has 1 N–H and O–H groups in total. The number of nitrogens with one attached hydrogen (secondary N) is 1. The van der Waals surface area contributed by atoms with Crippen molar-refractivity contribution in [3.63, 3.8) is 0 Å². The van der Waals surface area contributed by atoms with Gasteiger partial charge in [0.1, 0.15) is 0 Å². The van der Waals surface area contributed by atoms with Crippen molar-refractivity contribution in [3.05, 3.63) is 35.9 Å². The summed E-state index contributed by atoms with van der Waals surface area (Å²) in [6.45, 7) is 6.16. The van der Waals surface area contributed by atoms with Crippen molar-refractivity contribution in [2.75, 3.05) is 6.54 Å². The van der Waals surface area contributed by atoms with Crippen LogP contribution < -0.4 is 5.32 Å². The number of carbonyl (C=O) groups excluding carboxylic acids is 1. The standard InChI is InChI=1S/C14H21N5O/c1-12-11-13(2)19(17-12)9-3-6-15-14(20)5-10-18-8-4-7-16-18/h4,7-8,11H,3,5-6,9-10H2,1-2H3,(H,15,20). The molecule has 2 rings (SSSR count). The molecule has 108 valence electrons. The molecule has 0 aromatic carbocycles. The first-order valence-corrected chi connectivity index (χ1v) is 6.90. The van der Waals surface area contributed by atoms with E-state index in [-0.39, 0.29) is 5.91 Å². The van der Waals surface area contributed by atoms with Gasteiger partial charge in [-0.05, 0) is 32.4 Å². The van der Waals surface area contributed by atoms with Gasteiger partial charge in [-0.15, -0.1) is 0 Å². The minimum absolute atomic E-state index is 0.0638. The third kappa shape index (κ3) is 4.22. The summed E-state index contributed by atoms with van der Waals surface area (Å²) in [5, 5.41) is 11.4. The van der Waals surface area contributed by atoms with Crippen LogP contribution in [0, 0.1) is 13.8 Å². The number of aryl methyl sites for hydroxylation is 4. The van der Waals surface area contributed by atoms with Gasteiger partial charge in [0, 0.05) is 44.1 Å². The van der Waals surface area contributed by atoms with Gasteiger partial charge in [-0.25, -0.2) is 0 Å². The zero-order valence-corrected chi connectivity index (χ0v) is 12.0. The maximum Gasteiger partial charge on any atom is 0.221 e. The topological polar surface area (TPSA) is 64.7 Å². The van der Waals surface area contributed by atoms with E-state index in [2.05, 4.69) is 21.6 Å². The highest BCUT2D eigenvalue weighted by molar-refractivity contribution is 5.75. The van der Waals surface area contributed by atoms with Crippen molar-refractivity contribution in [2.24, 2.45) is 0 Å². The second kappa shape index (κ2) is 6.88. The molecule has 0 spiro atoms. The molecule has 2 heterocycles. The molecule has 0 atom stereocenters. The predicted molar refractivity (Wildman–Crippen MR) is 76.2 cm³/mol. The molecule has 2 aromatic heterocycles. The van der Waals surface area contributed by atoms with Gasteiger partial charge in [0.05, 0.1) is 5.69 Å². The van der Waals surface area contributed by atoms with Crippen molar-refractivity contribution in [1.29, 1.82) is 0 Å². The van der Waals surface area contributed by atoms with Crippen LogP contribution in [0.25, 0.3) is 0 Å². The van der Waals surface area contributed by atoms with Crippen molar-refractivity contribution >= 4 is 5.91 Å². The Morgan fingerprint density at radius 2 is 2.20 bits per heavy atom. The highest BCUT2D eigenvalue weighted by atomic mass is 16.1. The predicted octanol–water partition coefficient (Wildman–Crippen LogP) is 1.29. The first-order chi connectivity index (χ1) is 9.65. The van der Waals surface area contributed by atoms with E-state index in [0.717, 1.165) is 24.4 Å². The summed E-state index contributed by atoms with van der Waals surface area (Å²) in [5.74, 6) is 0.0638. The fraction of sp³-hybridized carbons (Fsp3) is 0.500. The molecule has 2 aromatic rings. The molecule has 1 amide bonds. The Morgan fingerprint density at radius 3 is 2.85 bits per heavy atom. The van der Waals surface area contributed by atoms with E-state index >= 15 is 0 Å². The Labute approximate surface area is 118 Å². The van der Waals surface area contributed by atoms with Crippen molar-refractivity contribution in [2.45, 2.75) is 39.8 Å². The lowest BCUT2D eigenvalue weighted by Gasteiger charge is -2.07. The van der Waals surface area contributed by atoms with E-state index < -0.39 is 0 Å². The summed E-state index contributed by atoms with van der Waals surface area (Å²) in [6.07, 6.45) is 4.92. The van der Waals surface area contributed by atoms with Crippen LogP contribution >= 0.6 is 0 Å². The average Bonchev–Trinajstić information content (AvgIpc) is 3.02. The molecule has 0 bridgehead atoms. The molecule has 0 saturated carbocycles. The van der Waals surface area contributed by atoms with E-state index in [0.29, 0.717) is 19.5 Å². The maximum absolute atomic E-state index is 11.6. The van der Waals surface area contributed by atoms with Crippen LogP contribution in [0.3, 0.4) is 0 Å². The van der Waals surface area contributed by atoms with Crippen LogP contribution in [0.1, 0.15) is 24.2 Å². The summed E-state index contributed by atoms with van der Waals surface area (Å²) < 4.78 is 3.74. The molecule has 0 aliphatic carbocycles. The molecule has 0 radical (unpaired) electrons. The van der Waals surface area contributed by atoms with Gasteiger partial charge < -0.3 is 5.32 Å². The van der Waals surface area contributed by atoms with E-state index in [1.807, 2.05) is 30.8 Å². The van der Waals surface area contributed by atoms with E-state index in [1.165, 1.54) is 0 Å². The third-order valence-corrected chi connectivity index (χ3v) is 3.10. The summed E-state index contributed by atoms with van der Waals surface area (Å²) in [4.78, 5) is 11.6. The number of nitrogens with zero attached hydrogens (tertiary/aromatic N) is 4. The quantitative estimate of drug-likeness (QED) is 0.774. The van der Waals surface area contributed by atoms with Gasteiger partial charge in [0.25, 0.3) is 0 Å². The van der Waals surface area contributed by atoms with Gasteiger partial charge in [0.15, 0.2) is 0 Å². The number of rotatable bonds is 7. The second-order valence-electron chi connectivity index (χ2n) is 4.87. The summed E-state index contributed by atoms with van der Waals surface area (Å²) in [5.41, 5.74) is 2.19. The Morgan fingerprint density at radius 1 is 1.35 bits per heavy atom. The van der Waals surface area contributed by atoms with E-state index in [4.69, 9.17) is 0 Å². The van der Waals surface area contributed by atoms with Crippen molar-refractivity contribution in [1.82, 2.24) is 24.9 Å². The van der Waals surface area contributed by atoms with Gasteiger partial charge >= 0.3 is 0 Å². The van der Waals surface area contributed by atoms with Crippen molar-refractivity contribution < 1.29 is 4.79 Å². The fourth-order valence-corrected chi connectivity index (χ4v) is 2.10. The molecule has 6 nitrogen and oxygen atoms in total. The number of amides is 1. The molecule has 20 heavy (non-hydrogen) atoms. The Bertz CT molecular complexity index is 544. The maximum atomic E-state index is 11.6. The van der Waals surface area contributed by atoms with Crippen LogP contribution in [0.5, 0.6) is 0 Å². The smallest absolute Gasteiger partial charge is 0.221 e. The minimum Gasteiger partial charge on any atom is -0.356 e. The SMILES string of the molecule is Cc1cc(C)n(CCCNC(=O)CCn2cccn2)n1. The average molecular weight is 275 g/mol. The number of hydrogen-bond acceptors (Lipinski definition) is 3. The van der Waals surface area contributed by atoms with Crippen LogP contribution in [0.15, 0.2) is 24.5 Å². The zero-order valence-electron chi connectivity index (χ0n) is 12.0. The Hall–Kier alpha value is -2.11. The number of aromatic nitrogens is 4. The molecule has 0 aliphatic heterocycles.